The number of nitrogens with zero attached hydrogens (tertiary/aromatic N) is 2. The first-order chi connectivity index (χ1) is 14.4. The van der Waals surface area contributed by atoms with E-state index >= 15 is 0 Å². The molecule has 0 saturated carbocycles. The van der Waals surface area contributed by atoms with Crippen LogP contribution in [0.5, 0.6) is 17.2 Å². The second-order valence-corrected chi connectivity index (χ2v) is 7.12. The van der Waals surface area contributed by atoms with Gasteiger partial charge in [-0.2, -0.15) is 0 Å². The average Bonchev–Trinajstić information content (AvgIpc) is 2.79. The van der Waals surface area contributed by atoms with Crippen LogP contribution in [-0.4, -0.2) is 81.7 Å². The van der Waals surface area contributed by atoms with Crippen molar-refractivity contribution < 1.29 is 23.8 Å². The number of carbonyl (C=O) groups is 2. The van der Waals surface area contributed by atoms with Crippen LogP contribution < -0.4 is 19.5 Å². The van der Waals surface area contributed by atoms with Crippen molar-refractivity contribution in [3.05, 3.63) is 23.8 Å². The number of nitrogens with one attached hydrogen (secondary N) is 1. The molecule has 30 heavy (non-hydrogen) atoms. The molecular formula is C22H33N3O5. The Morgan fingerprint density at radius 3 is 2.17 bits per heavy atom. The maximum atomic E-state index is 12.6. The smallest absolute Gasteiger partial charge is 0.246 e. The van der Waals surface area contributed by atoms with Gasteiger partial charge in [-0.3, -0.25) is 14.5 Å². The van der Waals surface area contributed by atoms with Crippen LogP contribution in [0.1, 0.15) is 25.8 Å². The number of amides is 2. The molecule has 0 aliphatic carbocycles. The summed E-state index contributed by atoms with van der Waals surface area (Å²) in [7, 11) is 4.66. The number of hydrogen-bond donors (Lipinski definition) is 1. The van der Waals surface area contributed by atoms with Gasteiger partial charge in [-0.1, -0.05) is 6.92 Å². The molecule has 8 heteroatoms. The summed E-state index contributed by atoms with van der Waals surface area (Å²) in [4.78, 5) is 28.7. The van der Waals surface area contributed by atoms with Crippen LogP contribution in [0.2, 0.25) is 0 Å². The molecule has 1 saturated heterocycles. The standard InChI is InChI=1S/C22H33N3O5/c1-6-9-23-22(27)16(2)24-10-12-25(13-11-24)20(26)8-7-17-14-18(28-3)21(30-5)19(15-17)29-4/h7-8,14-16H,6,9-13H2,1-5H3,(H,23,27). The van der Waals surface area contributed by atoms with Crippen molar-refractivity contribution in [3.63, 3.8) is 0 Å². The van der Waals surface area contributed by atoms with Gasteiger partial charge in [0, 0.05) is 38.8 Å². The SMILES string of the molecule is CCCNC(=O)C(C)N1CCN(C(=O)C=Cc2cc(OC)c(OC)c(OC)c2)CC1. The van der Waals surface area contributed by atoms with Crippen LogP contribution in [0, 0.1) is 0 Å². The van der Waals surface area contributed by atoms with Crippen LogP contribution in [0.15, 0.2) is 18.2 Å². The highest BCUT2D eigenvalue weighted by Crippen LogP contribution is 2.38. The number of carbonyl (C=O) groups excluding carboxylic acids is 2. The van der Waals surface area contributed by atoms with Gasteiger partial charge in [0.2, 0.25) is 17.6 Å². The lowest BCUT2D eigenvalue weighted by molar-refractivity contribution is -0.130. The fourth-order valence-corrected chi connectivity index (χ4v) is 3.36. The Hall–Kier alpha value is -2.74. The third-order valence-electron chi connectivity index (χ3n) is 5.21. The highest BCUT2D eigenvalue weighted by Gasteiger charge is 2.26. The Labute approximate surface area is 178 Å². The van der Waals surface area contributed by atoms with E-state index in [1.165, 1.54) is 0 Å². The molecule has 0 aromatic heterocycles. The lowest BCUT2D eigenvalue weighted by atomic mass is 10.1. The summed E-state index contributed by atoms with van der Waals surface area (Å²) in [6.07, 6.45) is 4.20. The Kier molecular flexibility index (Phi) is 8.98. The summed E-state index contributed by atoms with van der Waals surface area (Å²) in [6.45, 7) is 7.14. The first-order valence-electron chi connectivity index (χ1n) is 10.2. The number of benzene rings is 1. The van der Waals surface area contributed by atoms with E-state index in [0.29, 0.717) is 50.0 Å². The zero-order valence-corrected chi connectivity index (χ0v) is 18.6. The van der Waals surface area contributed by atoms with Gasteiger partial charge in [-0.25, -0.2) is 0 Å². The van der Waals surface area contributed by atoms with E-state index < -0.39 is 0 Å². The lowest BCUT2D eigenvalue weighted by Crippen LogP contribution is -2.54. The summed E-state index contributed by atoms with van der Waals surface area (Å²) in [5.74, 6) is 1.56. The molecule has 1 heterocycles. The zero-order chi connectivity index (χ0) is 22.1. The largest absolute Gasteiger partial charge is 0.493 e. The first kappa shape index (κ1) is 23.5. The monoisotopic (exact) mass is 419 g/mol. The number of rotatable bonds is 9. The van der Waals surface area contributed by atoms with Gasteiger partial charge in [-0.05, 0) is 37.1 Å². The van der Waals surface area contributed by atoms with Gasteiger partial charge >= 0.3 is 0 Å². The quantitative estimate of drug-likeness (QED) is 0.615. The van der Waals surface area contributed by atoms with Gasteiger partial charge in [-0.15, -0.1) is 0 Å². The molecule has 1 aromatic carbocycles. The fourth-order valence-electron chi connectivity index (χ4n) is 3.36. The molecule has 1 unspecified atom stereocenters. The van der Waals surface area contributed by atoms with Crippen molar-refractivity contribution in [2.45, 2.75) is 26.3 Å². The summed E-state index contributed by atoms with van der Waals surface area (Å²) >= 11 is 0. The van der Waals surface area contributed by atoms with E-state index in [1.54, 1.807) is 50.5 Å². The van der Waals surface area contributed by atoms with Crippen molar-refractivity contribution in [3.8, 4) is 17.2 Å². The van der Waals surface area contributed by atoms with E-state index in [1.807, 2.05) is 13.8 Å². The van der Waals surface area contributed by atoms with Gasteiger partial charge in [0.05, 0.1) is 27.4 Å². The zero-order valence-electron chi connectivity index (χ0n) is 18.6. The topological polar surface area (TPSA) is 80.3 Å². The van der Waals surface area contributed by atoms with Crippen LogP contribution in [-0.2, 0) is 9.59 Å². The number of hydrogen-bond acceptors (Lipinski definition) is 6. The Balaban J connectivity index is 1.96. The van der Waals surface area contributed by atoms with Crippen LogP contribution in [0.4, 0.5) is 0 Å². The molecule has 1 N–H and O–H groups in total. The normalized spacial score (nSPS) is 15.7. The Bertz CT molecular complexity index is 732. The molecule has 1 atom stereocenters. The third-order valence-corrected chi connectivity index (χ3v) is 5.21. The molecule has 8 nitrogen and oxygen atoms in total. The molecule has 0 spiro atoms. The third kappa shape index (κ3) is 5.89. The summed E-state index contributed by atoms with van der Waals surface area (Å²) in [5, 5.41) is 2.93. The fraction of sp³-hybridized carbons (Fsp3) is 0.545. The Morgan fingerprint density at radius 1 is 1.07 bits per heavy atom. The second kappa shape index (κ2) is 11.4. The van der Waals surface area contributed by atoms with Gasteiger partial charge < -0.3 is 24.4 Å². The molecule has 1 fully saturated rings. The van der Waals surface area contributed by atoms with Crippen molar-refractivity contribution >= 4 is 17.9 Å². The predicted molar refractivity (Wildman–Crippen MR) is 116 cm³/mol. The van der Waals surface area contributed by atoms with Crippen molar-refractivity contribution in [1.82, 2.24) is 15.1 Å². The number of ether oxygens (including phenoxy) is 3. The predicted octanol–water partition coefficient (Wildman–Crippen LogP) is 1.78. The second-order valence-electron chi connectivity index (χ2n) is 7.12. The minimum absolute atomic E-state index is 0.0407. The molecule has 1 aromatic rings. The van der Waals surface area contributed by atoms with Crippen LogP contribution in [0.3, 0.4) is 0 Å². The molecule has 0 bridgehead atoms. The van der Waals surface area contributed by atoms with Gasteiger partial charge in [0.15, 0.2) is 11.5 Å². The molecule has 0 radical (unpaired) electrons. The molecule has 1 aliphatic rings. The number of piperazine rings is 1. The van der Waals surface area contributed by atoms with E-state index in [2.05, 4.69) is 10.2 Å². The van der Waals surface area contributed by atoms with Crippen molar-refractivity contribution in [2.24, 2.45) is 0 Å². The van der Waals surface area contributed by atoms with Gasteiger partial charge in [0.1, 0.15) is 0 Å². The first-order valence-corrected chi connectivity index (χ1v) is 10.2. The minimum atomic E-state index is -0.191. The maximum absolute atomic E-state index is 12.6. The number of methoxy groups -OCH3 is 3. The summed E-state index contributed by atoms with van der Waals surface area (Å²) in [6, 6.07) is 3.39. The molecule has 2 amide bonds. The van der Waals surface area contributed by atoms with Crippen LogP contribution >= 0.6 is 0 Å². The molecule has 166 valence electrons. The van der Waals surface area contributed by atoms with Crippen molar-refractivity contribution in [2.75, 3.05) is 54.1 Å². The van der Waals surface area contributed by atoms with Gasteiger partial charge in [0.25, 0.3) is 0 Å². The molecule has 2 rings (SSSR count). The summed E-state index contributed by atoms with van der Waals surface area (Å²) < 4.78 is 16.0. The minimum Gasteiger partial charge on any atom is -0.493 e. The molecular weight excluding hydrogens is 386 g/mol. The van der Waals surface area contributed by atoms with E-state index in [4.69, 9.17) is 14.2 Å². The van der Waals surface area contributed by atoms with Crippen LogP contribution in [0.25, 0.3) is 6.08 Å². The Morgan fingerprint density at radius 2 is 1.67 bits per heavy atom. The maximum Gasteiger partial charge on any atom is 0.246 e. The average molecular weight is 420 g/mol. The van der Waals surface area contributed by atoms with E-state index in [0.717, 1.165) is 12.0 Å². The van der Waals surface area contributed by atoms with Crippen molar-refractivity contribution in [1.29, 1.82) is 0 Å². The molecule has 1 aliphatic heterocycles. The van der Waals surface area contributed by atoms with E-state index in [9.17, 15) is 9.59 Å². The highest BCUT2D eigenvalue weighted by atomic mass is 16.5. The van der Waals surface area contributed by atoms with E-state index in [-0.39, 0.29) is 17.9 Å². The summed E-state index contributed by atoms with van der Waals surface area (Å²) in [5.41, 5.74) is 0.776. The highest BCUT2D eigenvalue weighted by molar-refractivity contribution is 5.92. The lowest BCUT2D eigenvalue weighted by Gasteiger charge is -2.37.